The minimum Gasteiger partial charge on any atom is -0.313 e. The monoisotopic (exact) mass is 225 g/mol. The van der Waals surface area contributed by atoms with E-state index < -0.39 is 0 Å². The smallest absolute Gasteiger partial charge is 0.00168 e. The van der Waals surface area contributed by atoms with Crippen LogP contribution in [0.4, 0.5) is 0 Å². The molecule has 0 rings (SSSR count). The SMILES string of the molecule is CCC(C=N)CCCC(C)CCCC(C)C. The summed E-state index contributed by atoms with van der Waals surface area (Å²) in [6, 6.07) is 0. The van der Waals surface area contributed by atoms with Gasteiger partial charge in [-0.2, -0.15) is 0 Å². The van der Waals surface area contributed by atoms with Crippen molar-refractivity contribution in [3.05, 3.63) is 0 Å². The summed E-state index contributed by atoms with van der Waals surface area (Å²) in [5, 5.41) is 7.28. The molecule has 1 N–H and O–H groups in total. The first-order valence-electron chi connectivity index (χ1n) is 7.10. The van der Waals surface area contributed by atoms with Crippen LogP contribution in [-0.4, -0.2) is 6.21 Å². The first kappa shape index (κ1) is 15.7. The number of hydrogen-bond donors (Lipinski definition) is 1. The van der Waals surface area contributed by atoms with Crippen LogP contribution < -0.4 is 0 Å². The van der Waals surface area contributed by atoms with Crippen LogP contribution in [0, 0.1) is 23.2 Å². The summed E-state index contributed by atoms with van der Waals surface area (Å²) < 4.78 is 0. The molecule has 0 heterocycles. The molecule has 0 bridgehead atoms. The van der Waals surface area contributed by atoms with Gasteiger partial charge in [0.1, 0.15) is 0 Å². The van der Waals surface area contributed by atoms with Crippen LogP contribution in [0.2, 0.25) is 0 Å². The minimum atomic E-state index is 0.530. The molecule has 2 atom stereocenters. The van der Waals surface area contributed by atoms with Crippen molar-refractivity contribution in [3.63, 3.8) is 0 Å². The van der Waals surface area contributed by atoms with E-state index in [-0.39, 0.29) is 0 Å². The highest BCUT2D eigenvalue weighted by atomic mass is 14.3. The van der Waals surface area contributed by atoms with Crippen LogP contribution in [0.15, 0.2) is 0 Å². The fourth-order valence-electron chi connectivity index (χ4n) is 2.15. The summed E-state index contributed by atoms with van der Waals surface area (Å²) in [7, 11) is 0. The van der Waals surface area contributed by atoms with Gasteiger partial charge in [-0.25, -0.2) is 0 Å². The molecule has 0 saturated heterocycles. The summed E-state index contributed by atoms with van der Waals surface area (Å²) in [5.74, 6) is 2.26. The van der Waals surface area contributed by atoms with E-state index in [9.17, 15) is 0 Å². The lowest BCUT2D eigenvalue weighted by atomic mass is 9.92. The molecule has 0 amide bonds. The molecule has 0 aromatic heterocycles. The maximum absolute atomic E-state index is 7.28. The standard InChI is InChI=1S/C15H31N/c1-5-15(12-16)11-7-10-14(4)9-6-8-13(2)3/h12-16H,5-11H2,1-4H3. The summed E-state index contributed by atoms with van der Waals surface area (Å²) in [5.41, 5.74) is 0. The average molecular weight is 225 g/mol. The zero-order chi connectivity index (χ0) is 12.4. The van der Waals surface area contributed by atoms with Gasteiger partial charge in [0.05, 0.1) is 0 Å². The third-order valence-corrected chi connectivity index (χ3v) is 3.51. The van der Waals surface area contributed by atoms with Gasteiger partial charge in [0.2, 0.25) is 0 Å². The van der Waals surface area contributed by atoms with Crippen LogP contribution in [0.25, 0.3) is 0 Å². The van der Waals surface area contributed by atoms with Gasteiger partial charge in [-0.15, -0.1) is 0 Å². The largest absolute Gasteiger partial charge is 0.313 e. The van der Waals surface area contributed by atoms with Crippen molar-refractivity contribution in [2.45, 2.75) is 72.6 Å². The van der Waals surface area contributed by atoms with Crippen molar-refractivity contribution in [2.24, 2.45) is 17.8 Å². The Bertz CT molecular complexity index is 163. The Balaban J connectivity index is 3.42. The van der Waals surface area contributed by atoms with Crippen LogP contribution in [0.1, 0.15) is 72.6 Å². The summed E-state index contributed by atoms with van der Waals surface area (Å²) >= 11 is 0. The van der Waals surface area contributed by atoms with Crippen LogP contribution in [0.3, 0.4) is 0 Å². The van der Waals surface area contributed by atoms with E-state index in [2.05, 4.69) is 27.7 Å². The van der Waals surface area contributed by atoms with Gasteiger partial charge in [0, 0.05) is 0 Å². The molecule has 0 saturated carbocycles. The molecule has 0 aromatic rings. The van der Waals surface area contributed by atoms with E-state index in [0.29, 0.717) is 5.92 Å². The Morgan fingerprint density at radius 3 is 1.94 bits per heavy atom. The van der Waals surface area contributed by atoms with Crippen LogP contribution in [-0.2, 0) is 0 Å². The molecule has 0 spiro atoms. The van der Waals surface area contributed by atoms with Crippen molar-refractivity contribution >= 4 is 6.21 Å². The third kappa shape index (κ3) is 8.94. The number of nitrogens with one attached hydrogen (secondary N) is 1. The highest BCUT2D eigenvalue weighted by Crippen LogP contribution is 2.19. The van der Waals surface area contributed by atoms with Crippen LogP contribution in [0.5, 0.6) is 0 Å². The Morgan fingerprint density at radius 1 is 0.938 bits per heavy atom. The molecule has 0 fully saturated rings. The molecule has 96 valence electrons. The molecule has 1 heteroatoms. The molecular formula is C15H31N. The van der Waals surface area contributed by atoms with E-state index >= 15 is 0 Å². The number of rotatable bonds is 10. The second kappa shape index (κ2) is 9.86. The molecule has 1 nitrogen and oxygen atoms in total. The van der Waals surface area contributed by atoms with E-state index in [1.165, 1.54) is 38.5 Å². The van der Waals surface area contributed by atoms with Crippen molar-refractivity contribution in [2.75, 3.05) is 0 Å². The van der Waals surface area contributed by atoms with Crippen molar-refractivity contribution in [1.29, 1.82) is 5.41 Å². The minimum absolute atomic E-state index is 0.530. The zero-order valence-corrected chi connectivity index (χ0v) is 11.8. The van der Waals surface area contributed by atoms with Gasteiger partial charge >= 0.3 is 0 Å². The molecular weight excluding hydrogens is 194 g/mol. The predicted octanol–water partition coefficient (Wildman–Crippen LogP) is 5.29. The van der Waals surface area contributed by atoms with Crippen LogP contribution >= 0.6 is 0 Å². The predicted molar refractivity (Wildman–Crippen MR) is 74.3 cm³/mol. The molecule has 0 aliphatic heterocycles. The summed E-state index contributed by atoms with van der Waals surface area (Å²) in [6.45, 7) is 9.18. The maximum Gasteiger partial charge on any atom is -0.00168 e. The third-order valence-electron chi connectivity index (χ3n) is 3.51. The Labute approximate surface area is 103 Å². The highest BCUT2D eigenvalue weighted by molar-refractivity contribution is 5.56. The lowest BCUT2D eigenvalue weighted by molar-refractivity contribution is 0.412. The topological polar surface area (TPSA) is 23.9 Å². The molecule has 0 aliphatic rings. The first-order chi connectivity index (χ1) is 7.60. The second-order valence-corrected chi connectivity index (χ2v) is 5.70. The fourth-order valence-corrected chi connectivity index (χ4v) is 2.15. The molecule has 16 heavy (non-hydrogen) atoms. The second-order valence-electron chi connectivity index (χ2n) is 5.70. The highest BCUT2D eigenvalue weighted by Gasteiger charge is 2.06. The zero-order valence-electron chi connectivity index (χ0n) is 11.8. The first-order valence-corrected chi connectivity index (χ1v) is 7.10. The van der Waals surface area contributed by atoms with Gasteiger partial charge in [0.15, 0.2) is 0 Å². The van der Waals surface area contributed by atoms with Gasteiger partial charge in [0.25, 0.3) is 0 Å². The molecule has 0 radical (unpaired) electrons. The molecule has 2 unspecified atom stereocenters. The summed E-state index contributed by atoms with van der Waals surface area (Å²) in [4.78, 5) is 0. The maximum atomic E-state index is 7.28. The quantitative estimate of drug-likeness (QED) is 0.488. The normalized spacial score (nSPS) is 15.1. The van der Waals surface area contributed by atoms with E-state index in [4.69, 9.17) is 5.41 Å². The van der Waals surface area contributed by atoms with Gasteiger partial charge in [-0.3, -0.25) is 0 Å². The Kier molecular flexibility index (Phi) is 9.66. The van der Waals surface area contributed by atoms with Gasteiger partial charge in [-0.1, -0.05) is 59.8 Å². The van der Waals surface area contributed by atoms with E-state index in [0.717, 1.165) is 18.3 Å². The van der Waals surface area contributed by atoms with Crippen molar-refractivity contribution in [1.82, 2.24) is 0 Å². The Hall–Kier alpha value is -0.330. The van der Waals surface area contributed by atoms with Gasteiger partial charge < -0.3 is 5.41 Å². The van der Waals surface area contributed by atoms with E-state index in [1.807, 2.05) is 0 Å². The average Bonchev–Trinajstić information content (AvgIpc) is 2.24. The molecule has 0 aliphatic carbocycles. The van der Waals surface area contributed by atoms with Crippen molar-refractivity contribution < 1.29 is 0 Å². The lowest BCUT2D eigenvalue weighted by Gasteiger charge is -2.13. The van der Waals surface area contributed by atoms with Crippen molar-refractivity contribution in [3.8, 4) is 0 Å². The summed E-state index contributed by atoms with van der Waals surface area (Å²) in [6.07, 6.45) is 10.8. The van der Waals surface area contributed by atoms with Gasteiger partial charge in [-0.05, 0) is 36.8 Å². The fraction of sp³-hybridized carbons (Fsp3) is 0.933. The Morgan fingerprint density at radius 2 is 1.50 bits per heavy atom. The van der Waals surface area contributed by atoms with E-state index in [1.54, 1.807) is 6.21 Å². The molecule has 0 aromatic carbocycles. The number of hydrogen-bond acceptors (Lipinski definition) is 1. The lowest BCUT2D eigenvalue weighted by Crippen LogP contribution is -2.02.